The number of carbonyl (C=O) groups excluding carboxylic acids is 2. The number of amides is 1. The van der Waals surface area contributed by atoms with Crippen molar-refractivity contribution in [3.05, 3.63) is 45.3 Å². The van der Waals surface area contributed by atoms with Gasteiger partial charge in [-0.25, -0.2) is 4.98 Å². The van der Waals surface area contributed by atoms with E-state index in [-0.39, 0.29) is 11.6 Å². The second kappa shape index (κ2) is 7.47. The Balaban J connectivity index is 2.06. The van der Waals surface area contributed by atoms with Gasteiger partial charge in [-0.15, -0.1) is 11.3 Å². The number of esters is 1. The monoisotopic (exact) mass is 375 g/mol. The highest BCUT2D eigenvalue weighted by Gasteiger charge is 2.34. The molecule has 2 aromatic rings. The number of rotatable bonds is 5. The molecule has 11 heteroatoms. The molecule has 2 aromatic heterocycles. The Kier molecular flexibility index (Phi) is 5.57. The highest BCUT2D eigenvalue weighted by atomic mass is 32.1. The number of carbonyl (C=O) groups is 2. The zero-order valence-corrected chi connectivity index (χ0v) is 13.6. The molecule has 0 unspecified atom stereocenters. The molecule has 0 saturated heterocycles. The molecule has 7 nitrogen and oxygen atoms in total. The second-order valence-electron chi connectivity index (χ2n) is 4.80. The number of pyridine rings is 1. The van der Waals surface area contributed by atoms with Crippen LogP contribution in [0.3, 0.4) is 0 Å². The molecular formula is C14H12F3N3O4S. The highest BCUT2D eigenvalue weighted by Crippen LogP contribution is 2.26. The summed E-state index contributed by atoms with van der Waals surface area (Å²) < 4.78 is 43.2. The SMILES string of the molecule is COC(=O)Cc1csc(NC(=O)Cn2cccc(C(F)(F)F)c2=O)n1. The third kappa shape index (κ3) is 4.89. The highest BCUT2D eigenvalue weighted by molar-refractivity contribution is 7.13. The Morgan fingerprint density at radius 1 is 1.40 bits per heavy atom. The molecule has 0 radical (unpaired) electrons. The third-order valence-corrected chi connectivity index (χ3v) is 3.80. The summed E-state index contributed by atoms with van der Waals surface area (Å²) in [5, 5.41) is 4.05. The first-order chi connectivity index (χ1) is 11.7. The molecule has 0 aliphatic heterocycles. The van der Waals surface area contributed by atoms with Crippen molar-refractivity contribution in [1.29, 1.82) is 0 Å². The van der Waals surface area contributed by atoms with Gasteiger partial charge in [0.15, 0.2) is 5.13 Å². The van der Waals surface area contributed by atoms with E-state index in [9.17, 15) is 27.6 Å². The number of hydrogen-bond acceptors (Lipinski definition) is 6. The van der Waals surface area contributed by atoms with E-state index < -0.39 is 35.7 Å². The number of hydrogen-bond donors (Lipinski definition) is 1. The van der Waals surface area contributed by atoms with Gasteiger partial charge in [0.1, 0.15) is 12.1 Å². The van der Waals surface area contributed by atoms with E-state index in [1.807, 2.05) is 0 Å². The van der Waals surface area contributed by atoms with E-state index in [1.165, 1.54) is 12.5 Å². The van der Waals surface area contributed by atoms with Gasteiger partial charge < -0.3 is 14.6 Å². The van der Waals surface area contributed by atoms with Gasteiger partial charge in [0.25, 0.3) is 5.56 Å². The van der Waals surface area contributed by atoms with Crippen molar-refractivity contribution < 1.29 is 27.5 Å². The van der Waals surface area contributed by atoms with Gasteiger partial charge in [0, 0.05) is 11.6 Å². The van der Waals surface area contributed by atoms with Crippen molar-refractivity contribution in [1.82, 2.24) is 9.55 Å². The third-order valence-electron chi connectivity index (χ3n) is 2.99. The predicted octanol–water partition coefficient (Wildman–Crippen LogP) is 1.68. The van der Waals surface area contributed by atoms with Crippen LogP contribution in [0.25, 0.3) is 0 Å². The predicted molar refractivity (Wildman–Crippen MR) is 82.2 cm³/mol. The molecule has 0 atom stereocenters. The molecule has 2 heterocycles. The Morgan fingerprint density at radius 2 is 2.12 bits per heavy atom. The maximum absolute atomic E-state index is 12.7. The Hall–Kier alpha value is -2.69. The molecule has 1 N–H and O–H groups in total. The van der Waals surface area contributed by atoms with Crippen molar-refractivity contribution in [3.63, 3.8) is 0 Å². The molecule has 0 bridgehead atoms. The molecule has 0 fully saturated rings. The van der Waals surface area contributed by atoms with E-state index in [0.717, 1.165) is 23.6 Å². The number of halogens is 3. The quantitative estimate of drug-likeness (QED) is 0.803. The van der Waals surface area contributed by atoms with Crippen molar-refractivity contribution in [2.45, 2.75) is 19.1 Å². The lowest BCUT2D eigenvalue weighted by Gasteiger charge is -2.09. The van der Waals surface area contributed by atoms with Crippen LogP contribution in [0.2, 0.25) is 0 Å². The fraction of sp³-hybridized carbons (Fsp3) is 0.286. The number of methoxy groups -OCH3 is 1. The minimum Gasteiger partial charge on any atom is -0.469 e. The standard InChI is InChI=1S/C14H12F3N3O4S/c1-24-11(22)5-8-7-25-13(18-8)19-10(21)6-20-4-2-3-9(12(20)23)14(15,16)17/h2-4,7H,5-6H2,1H3,(H,18,19,21). The van der Waals surface area contributed by atoms with Crippen molar-refractivity contribution in [2.75, 3.05) is 12.4 Å². The van der Waals surface area contributed by atoms with Crippen LogP contribution in [-0.2, 0) is 33.5 Å². The van der Waals surface area contributed by atoms with Gasteiger partial charge in [-0.2, -0.15) is 13.2 Å². The molecule has 2 rings (SSSR count). The van der Waals surface area contributed by atoms with Crippen LogP contribution >= 0.6 is 11.3 Å². The minimum absolute atomic E-state index is 0.0735. The zero-order valence-electron chi connectivity index (χ0n) is 12.8. The van der Waals surface area contributed by atoms with Crippen LogP contribution in [0, 0.1) is 0 Å². The second-order valence-corrected chi connectivity index (χ2v) is 5.66. The summed E-state index contributed by atoms with van der Waals surface area (Å²) >= 11 is 1.03. The summed E-state index contributed by atoms with van der Waals surface area (Å²) in [6.07, 6.45) is -3.79. The smallest absolute Gasteiger partial charge is 0.421 e. The normalized spacial score (nSPS) is 11.2. The number of alkyl halides is 3. The summed E-state index contributed by atoms with van der Waals surface area (Å²) in [5.74, 6) is -1.22. The molecule has 0 saturated carbocycles. The van der Waals surface area contributed by atoms with Crippen LogP contribution < -0.4 is 10.9 Å². The lowest BCUT2D eigenvalue weighted by molar-refractivity contribution is -0.140. The van der Waals surface area contributed by atoms with Crippen LogP contribution in [0.1, 0.15) is 11.3 Å². The number of ether oxygens (including phenoxy) is 1. The number of aromatic nitrogens is 2. The van der Waals surface area contributed by atoms with Gasteiger partial charge in [-0.1, -0.05) is 0 Å². The first-order valence-electron chi connectivity index (χ1n) is 6.78. The van der Waals surface area contributed by atoms with Crippen LogP contribution in [0.4, 0.5) is 18.3 Å². The summed E-state index contributed by atoms with van der Waals surface area (Å²) in [6, 6.07) is 1.69. The van der Waals surface area contributed by atoms with Gasteiger partial charge >= 0.3 is 12.1 Å². The number of thiazole rings is 1. The molecular weight excluding hydrogens is 363 g/mol. The Labute approximate surface area is 143 Å². The van der Waals surface area contributed by atoms with E-state index in [0.29, 0.717) is 16.3 Å². The largest absolute Gasteiger partial charge is 0.469 e. The maximum Gasteiger partial charge on any atom is 0.421 e. The van der Waals surface area contributed by atoms with Crippen LogP contribution in [-0.4, -0.2) is 28.5 Å². The van der Waals surface area contributed by atoms with Crippen molar-refractivity contribution in [3.8, 4) is 0 Å². The first kappa shape index (κ1) is 18.6. The van der Waals surface area contributed by atoms with E-state index in [1.54, 1.807) is 0 Å². The van der Waals surface area contributed by atoms with Crippen LogP contribution in [0.5, 0.6) is 0 Å². The molecule has 0 spiro atoms. The number of anilines is 1. The molecule has 0 aliphatic carbocycles. The molecule has 0 aromatic carbocycles. The molecule has 1 amide bonds. The lowest BCUT2D eigenvalue weighted by atomic mass is 10.2. The van der Waals surface area contributed by atoms with Gasteiger partial charge in [0.05, 0.1) is 19.2 Å². The summed E-state index contributed by atoms with van der Waals surface area (Å²) in [5.41, 5.74) is -2.28. The topological polar surface area (TPSA) is 90.3 Å². The Morgan fingerprint density at radius 3 is 2.76 bits per heavy atom. The van der Waals surface area contributed by atoms with E-state index >= 15 is 0 Å². The van der Waals surface area contributed by atoms with Gasteiger partial charge in [0.2, 0.25) is 5.91 Å². The maximum atomic E-state index is 12.7. The first-order valence-corrected chi connectivity index (χ1v) is 7.66. The molecule has 0 aliphatic rings. The average molecular weight is 375 g/mol. The number of nitrogens with zero attached hydrogens (tertiary/aromatic N) is 2. The van der Waals surface area contributed by atoms with Crippen LogP contribution in [0.15, 0.2) is 28.5 Å². The van der Waals surface area contributed by atoms with Gasteiger partial charge in [-0.3, -0.25) is 14.4 Å². The average Bonchev–Trinajstić information content (AvgIpc) is 2.94. The summed E-state index contributed by atoms with van der Waals surface area (Å²) in [7, 11) is 1.23. The summed E-state index contributed by atoms with van der Waals surface area (Å²) in [4.78, 5) is 38.8. The van der Waals surface area contributed by atoms with Gasteiger partial charge in [-0.05, 0) is 12.1 Å². The number of nitrogens with one attached hydrogen (secondary N) is 1. The molecule has 25 heavy (non-hydrogen) atoms. The summed E-state index contributed by atoms with van der Waals surface area (Å²) in [6.45, 7) is -0.603. The zero-order chi connectivity index (χ0) is 18.6. The lowest BCUT2D eigenvalue weighted by Crippen LogP contribution is -2.31. The minimum atomic E-state index is -4.80. The molecule has 134 valence electrons. The fourth-order valence-corrected chi connectivity index (χ4v) is 2.58. The Bertz CT molecular complexity index is 844. The van der Waals surface area contributed by atoms with Crippen molar-refractivity contribution in [2.24, 2.45) is 0 Å². The van der Waals surface area contributed by atoms with E-state index in [2.05, 4.69) is 15.0 Å². The van der Waals surface area contributed by atoms with Crippen molar-refractivity contribution >= 4 is 28.3 Å². The fourth-order valence-electron chi connectivity index (χ4n) is 1.86. The van der Waals surface area contributed by atoms with E-state index in [4.69, 9.17) is 0 Å².